The monoisotopic (exact) mass is 223 g/mol. The summed E-state index contributed by atoms with van der Waals surface area (Å²) >= 11 is 0. The van der Waals surface area contributed by atoms with Crippen molar-refractivity contribution in [3.8, 4) is 12.3 Å². The minimum absolute atomic E-state index is 0.102. The summed E-state index contributed by atoms with van der Waals surface area (Å²) in [7, 11) is 0. The molecule has 0 saturated heterocycles. The second-order valence-corrected chi connectivity index (χ2v) is 3.84. The Labute approximate surface area is 94.7 Å². The Balaban J connectivity index is 2.49. The number of hydrogen-bond acceptors (Lipinski definition) is 1. The van der Waals surface area contributed by atoms with E-state index in [4.69, 9.17) is 12.2 Å². The maximum atomic E-state index is 12.9. The van der Waals surface area contributed by atoms with Crippen molar-refractivity contribution in [2.24, 2.45) is 5.73 Å². The van der Waals surface area contributed by atoms with Crippen LogP contribution in [0.1, 0.15) is 24.8 Å². The number of hydrogen-bond donors (Lipinski definition) is 1. The second kappa shape index (κ2) is 6.24. The molecular formula is C13H15F2N. The molecule has 0 amide bonds. The standard InChI is InChI=1S/C13H15F2N/c1-2-3-4-5-13(16)8-10-6-11(14)9-12(15)7-10/h1,6-7,9,13H,3-5,8,16H2. The van der Waals surface area contributed by atoms with Gasteiger partial charge < -0.3 is 5.73 Å². The third-order valence-electron chi connectivity index (χ3n) is 2.32. The Hall–Kier alpha value is -1.40. The van der Waals surface area contributed by atoms with Crippen LogP contribution in [0.4, 0.5) is 8.78 Å². The van der Waals surface area contributed by atoms with Crippen LogP contribution in [0.2, 0.25) is 0 Å². The highest BCUT2D eigenvalue weighted by Gasteiger charge is 2.06. The molecule has 2 N–H and O–H groups in total. The highest BCUT2D eigenvalue weighted by atomic mass is 19.1. The van der Waals surface area contributed by atoms with E-state index in [2.05, 4.69) is 5.92 Å². The van der Waals surface area contributed by atoms with Gasteiger partial charge in [0.2, 0.25) is 0 Å². The minimum atomic E-state index is -0.564. The maximum Gasteiger partial charge on any atom is 0.126 e. The van der Waals surface area contributed by atoms with Gasteiger partial charge in [-0.05, 0) is 37.0 Å². The third kappa shape index (κ3) is 4.41. The lowest BCUT2D eigenvalue weighted by Crippen LogP contribution is -2.22. The van der Waals surface area contributed by atoms with Crippen LogP contribution >= 0.6 is 0 Å². The summed E-state index contributed by atoms with van der Waals surface area (Å²) in [6.07, 6.45) is 7.88. The normalized spacial score (nSPS) is 12.1. The van der Waals surface area contributed by atoms with Crippen LogP contribution in [-0.2, 0) is 6.42 Å². The number of benzene rings is 1. The average molecular weight is 223 g/mol. The fourth-order valence-electron chi connectivity index (χ4n) is 1.60. The number of rotatable bonds is 5. The van der Waals surface area contributed by atoms with Crippen molar-refractivity contribution < 1.29 is 8.78 Å². The summed E-state index contributed by atoms with van der Waals surface area (Å²) in [6, 6.07) is 3.37. The van der Waals surface area contributed by atoms with Gasteiger partial charge in [0, 0.05) is 18.5 Å². The fraction of sp³-hybridized carbons (Fsp3) is 0.385. The first kappa shape index (κ1) is 12.7. The zero-order chi connectivity index (χ0) is 12.0. The summed E-state index contributed by atoms with van der Waals surface area (Å²) in [5.41, 5.74) is 6.42. The molecule has 0 aromatic heterocycles. The highest BCUT2D eigenvalue weighted by Crippen LogP contribution is 2.11. The Morgan fingerprint density at radius 1 is 1.25 bits per heavy atom. The molecule has 0 aliphatic rings. The second-order valence-electron chi connectivity index (χ2n) is 3.84. The van der Waals surface area contributed by atoms with Gasteiger partial charge in [0.1, 0.15) is 11.6 Å². The number of nitrogens with two attached hydrogens (primary N) is 1. The molecule has 1 aromatic rings. The predicted molar refractivity (Wildman–Crippen MR) is 60.7 cm³/mol. The van der Waals surface area contributed by atoms with Gasteiger partial charge in [-0.3, -0.25) is 0 Å². The predicted octanol–water partition coefficient (Wildman–Crippen LogP) is 2.64. The minimum Gasteiger partial charge on any atom is -0.327 e. The van der Waals surface area contributed by atoms with Crippen molar-refractivity contribution in [1.29, 1.82) is 0 Å². The summed E-state index contributed by atoms with van der Waals surface area (Å²) in [4.78, 5) is 0. The number of terminal acetylenes is 1. The first-order valence-electron chi connectivity index (χ1n) is 5.26. The lowest BCUT2D eigenvalue weighted by Gasteiger charge is -2.10. The van der Waals surface area contributed by atoms with Gasteiger partial charge in [-0.2, -0.15) is 0 Å². The van der Waals surface area contributed by atoms with Crippen LogP contribution in [0.5, 0.6) is 0 Å². The molecule has 0 fully saturated rings. The van der Waals surface area contributed by atoms with Gasteiger partial charge in [0.05, 0.1) is 0 Å². The molecule has 0 aliphatic carbocycles. The molecule has 0 bridgehead atoms. The average Bonchev–Trinajstić information content (AvgIpc) is 2.16. The summed E-state index contributed by atoms with van der Waals surface area (Å²) in [6.45, 7) is 0. The highest BCUT2D eigenvalue weighted by molar-refractivity contribution is 5.18. The topological polar surface area (TPSA) is 26.0 Å². The van der Waals surface area contributed by atoms with Crippen LogP contribution in [0.15, 0.2) is 18.2 Å². The summed E-state index contributed by atoms with van der Waals surface area (Å²) in [5.74, 6) is 1.40. The molecule has 1 atom stereocenters. The molecule has 0 saturated carbocycles. The van der Waals surface area contributed by atoms with Crippen LogP contribution in [-0.4, -0.2) is 6.04 Å². The maximum absolute atomic E-state index is 12.9. The van der Waals surface area contributed by atoms with E-state index >= 15 is 0 Å². The van der Waals surface area contributed by atoms with Gasteiger partial charge >= 0.3 is 0 Å². The van der Waals surface area contributed by atoms with E-state index in [9.17, 15) is 8.78 Å². The van der Waals surface area contributed by atoms with Gasteiger partial charge in [-0.25, -0.2) is 8.78 Å². The smallest absolute Gasteiger partial charge is 0.126 e. The van der Waals surface area contributed by atoms with E-state index in [-0.39, 0.29) is 6.04 Å². The molecule has 1 rings (SSSR count). The summed E-state index contributed by atoms with van der Waals surface area (Å²) in [5, 5.41) is 0. The zero-order valence-electron chi connectivity index (χ0n) is 9.05. The van der Waals surface area contributed by atoms with Crippen molar-refractivity contribution in [3.05, 3.63) is 35.4 Å². The van der Waals surface area contributed by atoms with Crippen molar-refractivity contribution in [2.45, 2.75) is 31.7 Å². The van der Waals surface area contributed by atoms with Gasteiger partial charge in [0.25, 0.3) is 0 Å². The van der Waals surface area contributed by atoms with Crippen molar-refractivity contribution in [3.63, 3.8) is 0 Å². The van der Waals surface area contributed by atoms with E-state index in [1.54, 1.807) is 0 Å². The first-order valence-corrected chi connectivity index (χ1v) is 5.26. The van der Waals surface area contributed by atoms with Gasteiger partial charge in [0.15, 0.2) is 0 Å². The Bertz CT molecular complexity index is 362. The Kier molecular flexibility index (Phi) is 4.94. The lowest BCUT2D eigenvalue weighted by atomic mass is 10.0. The summed E-state index contributed by atoms with van der Waals surface area (Å²) < 4.78 is 25.8. The number of unbranched alkanes of at least 4 members (excludes halogenated alkanes) is 1. The van der Waals surface area contributed by atoms with E-state index in [0.29, 0.717) is 18.4 Å². The Morgan fingerprint density at radius 2 is 1.88 bits per heavy atom. The fourth-order valence-corrected chi connectivity index (χ4v) is 1.60. The van der Waals surface area contributed by atoms with Crippen molar-refractivity contribution in [2.75, 3.05) is 0 Å². The SMILES string of the molecule is C#CCCCC(N)Cc1cc(F)cc(F)c1. The van der Waals surface area contributed by atoms with Crippen LogP contribution in [0, 0.1) is 24.0 Å². The van der Waals surface area contributed by atoms with E-state index in [1.807, 2.05) is 0 Å². The zero-order valence-corrected chi connectivity index (χ0v) is 9.05. The largest absolute Gasteiger partial charge is 0.327 e. The molecule has 1 unspecified atom stereocenters. The molecule has 1 aromatic carbocycles. The molecular weight excluding hydrogens is 208 g/mol. The van der Waals surface area contributed by atoms with Crippen LogP contribution in [0.25, 0.3) is 0 Å². The number of halogens is 2. The van der Waals surface area contributed by atoms with Crippen molar-refractivity contribution in [1.82, 2.24) is 0 Å². The van der Waals surface area contributed by atoms with Gasteiger partial charge in [-0.1, -0.05) is 0 Å². The van der Waals surface area contributed by atoms with Gasteiger partial charge in [-0.15, -0.1) is 12.3 Å². The molecule has 1 nitrogen and oxygen atoms in total. The quantitative estimate of drug-likeness (QED) is 0.602. The molecule has 0 heterocycles. The third-order valence-corrected chi connectivity index (χ3v) is 2.32. The van der Waals surface area contributed by atoms with E-state index in [0.717, 1.165) is 18.9 Å². The molecule has 0 radical (unpaired) electrons. The van der Waals surface area contributed by atoms with E-state index < -0.39 is 11.6 Å². The van der Waals surface area contributed by atoms with Crippen molar-refractivity contribution >= 4 is 0 Å². The van der Waals surface area contributed by atoms with Crippen LogP contribution in [0.3, 0.4) is 0 Å². The lowest BCUT2D eigenvalue weighted by molar-refractivity contribution is 0.562. The molecule has 86 valence electrons. The Morgan fingerprint density at radius 3 is 2.44 bits per heavy atom. The van der Waals surface area contributed by atoms with E-state index in [1.165, 1.54) is 12.1 Å². The first-order chi connectivity index (χ1) is 7.61. The molecule has 16 heavy (non-hydrogen) atoms. The molecule has 0 spiro atoms. The van der Waals surface area contributed by atoms with Crippen LogP contribution < -0.4 is 5.73 Å². The molecule has 0 aliphatic heterocycles. The molecule has 3 heteroatoms.